The predicted molar refractivity (Wildman–Crippen MR) is 113 cm³/mol. The normalized spacial score (nSPS) is 12.5. The fourth-order valence-corrected chi connectivity index (χ4v) is 3.92. The number of ether oxygens (including phenoxy) is 3. The third-order valence-corrected chi connectivity index (χ3v) is 5.65. The van der Waals surface area contributed by atoms with Crippen molar-refractivity contribution in [2.24, 2.45) is 0 Å². The summed E-state index contributed by atoms with van der Waals surface area (Å²) in [5.41, 5.74) is 1.12. The molecule has 3 aromatic rings. The van der Waals surface area contributed by atoms with E-state index in [4.69, 9.17) is 9.47 Å². The number of aromatic nitrogens is 2. The number of fused-ring (bicyclic) bond motifs is 1. The molecular formula is C21H20F2N2O5S. The Bertz CT molecular complexity index is 1200. The molecule has 7 nitrogen and oxygen atoms in total. The number of nitrogens with zero attached hydrogens (tertiary/aromatic N) is 1. The van der Waals surface area contributed by atoms with Crippen LogP contribution in [-0.2, 0) is 9.53 Å². The van der Waals surface area contributed by atoms with E-state index in [2.05, 4.69) is 14.7 Å². The number of aryl methyl sites for hydroxylation is 2. The van der Waals surface area contributed by atoms with E-state index >= 15 is 0 Å². The molecule has 0 aliphatic carbocycles. The van der Waals surface area contributed by atoms with Crippen LogP contribution in [0.5, 0.6) is 11.5 Å². The Balaban J connectivity index is 1.72. The van der Waals surface area contributed by atoms with Crippen molar-refractivity contribution in [2.45, 2.75) is 33.5 Å². The number of carbonyl (C=O) groups is 1. The molecule has 3 rings (SSSR count). The van der Waals surface area contributed by atoms with Crippen molar-refractivity contribution in [3.05, 3.63) is 56.5 Å². The van der Waals surface area contributed by atoms with Gasteiger partial charge in [0.2, 0.25) is 0 Å². The minimum Gasteiger partial charge on any atom is -0.493 e. The van der Waals surface area contributed by atoms with Gasteiger partial charge >= 0.3 is 12.6 Å². The lowest BCUT2D eigenvalue weighted by Gasteiger charge is -2.11. The van der Waals surface area contributed by atoms with Crippen LogP contribution in [0.15, 0.2) is 29.1 Å². The molecule has 1 aromatic carbocycles. The number of H-pyrrole nitrogens is 1. The summed E-state index contributed by atoms with van der Waals surface area (Å²) in [5, 5.41) is 0.540. The highest BCUT2D eigenvalue weighted by atomic mass is 32.1. The molecule has 0 aliphatic heterocycles. The maximum Gasteiger partial charge on any atom is 0.387 e. The second-order valence-electron chi connectivity index (χ2n) is 6.62. The van der Waals surface area contributed by atoms with Gasteiger partial charge in [0.05, 0.1) is 12.5 Å². The average Bonchev–Trinajstić information content (AvgIpc) is 3.00. The van der Waals surface area contributed by atoms with Gasteiger partial charge in [-0.25, -0.2) is 9.78 Å². The summed E-state index contributed by atoms with van der Waals surface area (Å²) in [4.78, 5) is 33.2. The van der Waals surface area contributed by atoms with E-state index in [0.717, 1.165) is 10.4 Å². The Morgan fingerprint density at radius 3 is 2.68 bits per heavy atom. The van der Waals surface area contributed by atoms with Gasteiger partial charge in [-0.1, -0.05) is 6.07 Å². The number of benzene rings is 1. The second-order valence-corrected chi connectivity index (χ2v) is 7.82. The van der Waals surface area contributed by atoms with E-state index in [1.54, 1.807) is 6.92 Å². The Kier molecular flexibility index (Phi) is 6.69. The smallest absolute Gasteiger partial charge is 0.387 e. The largest absolute Gasteiger partial charge is 0.493 e. The van der Waals surface area contributed by atoms with E-state index < -0.39 is 18.7 Å². The molecule has 31 heavy (non-hydrogen) atoms. The number of aromatic amines is 1. The molecule has 0 amide bonds. The van der Waals surface area contributed by atoms with Crippen molar-refractivity contribution in [3.8, 4) is 11.5 Å². The van der Waals surface area contributed by atoms with Crippen LogP contribution in [0.4, 0.5) is 8.78 Å². The van der Waals surface area contributed by atoms with Crippen molar-refractivity contribution < 1.29 is 27.8 Å². The van der Waals surface area contributed by atoms with E-state index in [9.17, 15) is 18.4 Å². The van der Waals surface area contributed by atoms with Crippen LogP contribution in [-0.4, -0.2) is 29.7 Å². The summed E-state index contributed by atoms with van der Waals surface area (Å²) in [6.07, 6.45) is 1.83. The molecule has 0 fully saturated rings. The Morgan fingerprint density at radius 2 is 2.00 bits per heavy atom. The fraction of sp³-hybridized carbons (Fsp3) is 0.286. The lowest BCUT2D eigenvalue weighted by Crippen LogP contribution is -2.16. The van der Waals surface area contributed by atoms with Gasteiger partial charge in [0.1, 0.15) is 4.83 Å². The number of alkyl halides is 2. The first-order valence-electron chi connectivity index (χ1n) is 9.21. The van der Waals surface area contributed by atoms with E-state index in [0.29, 0.717) is 15.8 Å². The highest BCUT2D eigenvalue weighted by Crippen LogP contribution is 2.30. The van der Waals surface area contributed by atoms with Gasteiger partial charge < -0.3 is 19.2 Å². The standard InChI is InChI=1S/C21H20F2N2O5S/c1-10-12(3)31-20-17(10)19(27)24-18(25-20)11(2)29-16(26)8-6-13-5-7-14(30-21(22)23)15(9-13)28-4/h5-9,11,21H,1-4H3,(H,24,25,27). The topological polar surface area (TPSA) is 90.5 Å². The number of hydrogen-bond acceptors (Lipinski definition) is 7. The van der Waals surface area contributed by atoms with Crippen molar-refractivity contribution in [3.63, 3.8) is 0 Å². The molecular weight excluding hydrogens is 430 g/mol. The predicted octanol–water partition coefficient (Wildman–Crippen LogP) is 4.53. The SMILES string of the molecule is COc1cc(C=CC(=O)OC(C)c2nc3sc(C)c(C)c3c(=O)[nH]2)ccc1OC(F)F. The molecule has 164 valence electrons. The third kappa shape index (κ3) is 5.08. The molecule has 1 atom stereocenters. The number of hydrogen-bond donors (Lipinski definition) is 1. The van der Waals surface area contributed by atoms with Crippen LogP contribution < -0.4 is 15.0 Å². The van der Waals surface area contributed by atoms with Crippen LogP contribution >= 0.6 is 11.3 Å². The number of esters is 1. The van der Waals surface area contributed by atoms with Gasteiger partial charge in [-0.05, 0) is 50.1 Å². The van der Waals surface area contributed by atoms with Crippen LogP contribution in [0.2, 0.25) is 0 Å². The highest BCUT2D eigenvalue weighted by molar-refractivity contribution is 7.18. The van der Waals surface area contributed by atoms with Gasteiger partial charge in [0.15, 0.2) is 23.4 Å². The van der Waals surface area contributed by atoms with Gasteiger partial charge in [-0.3, -0.25) is 4.79 Å². The lowest BCUT2D eigenvalue weighted by atomic mass is 10.2. The summed E-state index contributed by atoms with van der Waals surface area (Å²) in [7, 11) is 1.32. The third-order valence-electron chi connectivity index (χ3n) is 4.55. The van der Waals surface area contributed by atoms with Crippen molar-refractivity contribution in [1.29, 1.82) is 0 Å². The maximum absolute atomic E-state index is 12.4. The van der Waals surface area contributed by atoms with E-state index in [1.165, 1.54) is 48.8 Å². The van der Waals surface area contributed by atoms with Crippen LogP contribution in [0.3, 0.4) is 0 Å². The molecule has 0 saturated heterocycles. The number of nitrogens with one attached hydrogen (secondary N) is 1. The lowest BCUT2D eigenvalue weighted by molar-refractivity contribution is -0.142. The Hall–Kier alpha value is -3.27. The van der Waals surface area contributed by atoms with Gasteiger partial charge in [-0.2, -0.15) is 8.78 Å². The van der Waals surface area contributed by atoms with Crippen LogP contribution in [0.25, 0.3) is 16.3 Å². The van der Waals surface area contributed by atoms with E-state index in [1.807, 2.05) is 13.8 Å². The van der Waals surface area contributed by atoms with Gasteiger partial charge in [-0.15, -0.1) is 11.3 Å². The quantitative estimate of drug-likeness (QED) is 0.420. The molecule has 2 heterocycles. The van der Waals surface area contributed by atoms with Gasteiger partial charge in [0.25, 0.3) is 5.56 Å². The second kappa shape index (κ2) is 9.25. The summed E-state index contributed by atoms with van der Waals surface area (Å²) in [6, 6.07) is 4.24. The van der Waals surface area contributed by atoms with Crippen LogP contribution in [0, 0.1) is 13.8 Å². The van der Waals surface area contributed by atoms with E-state index in [-0.39, 0.29) is 22.9 Å². The first-order chi connectivity index (χ1) is 14.7. The molecule has 10 heteroatoms. The molecule has 1 unspecified atom stereocenters. The van der Waals surface area contributed by atoms with Crippen molar-refractivity contribution >= 4 is 33.6 Å². The Morgan fingerprint density at radius 1 is 1.26 bits per heavy atom. The number of thiophene rings is 1. The minimum atomic E-state index is -2.98. The molecule has 1 N–H and O–H groups in total. The van der Waals surface area contributed by atoms with Crippen LogP contribution in [0.1, 0.15) is 34.9 Å². The molecule has 0 bridgehead atoms. The summed E-state index contributed by atoms with van der Waals surface area (Å²) >= 11 is 1.40. The molecule has 0 aliphatic rings. The zero-order valence-electron chi connectivity index (χ0n) is 17.2. The first kappa shape index (κ1) is 22.4. The Labute approximate surface area is 180 Å². The van der Waals surface area contributed by atoms with Crippen molar-refractivity contribution in [2.75, 3.05) is 7.11 Å². The molecule has 0 saturated carbocycles. The first-order valence-corrected chi connectivity index (χ1v) is 10.0. The maximum atomic E-state index is 12.4. The zero-order valence-corrected chi connectivity index (χ0v) is 18.0. The number of methoxy groups -OCH3 is 1. The molecule has 0 radical (unpaired) electrons. The summed E-state index contributed by atoms with van der Waals surface area (Å²) in [5.74, 6) is -0.438. The number of halogens is 2. The fourth-order valence-electron chi connectivity index (χ4n) is 2.88. The zero-order chi connectivity index (χ0) is 22.7. The number of rotatable bonds is 7. The van der Waals surface area contributed by atoms with Crippen molar-refractivity contribution in [1.82, 2.24) is 9.97 Å². The monoisotopic (exact) mass is 450 g/mol. The number of carbonyl (C=O) groups excluding carboxylic acids is 1. The highest BCUT2D eigenvalue weighted by Gasteiger charge is 2.17. The molecule has 0 spiro atoms. The summed E-state index contributed by atoms with van der Waals surface area (Å²) < 4.78 is 39.5. The molecule has 2 aromatic heterocycles. The minimum absolute atomic E-state index is 0.0980. The average molecular weight is 450 g/mol. The summed E-state index contributed by atoms with van der Waals surface area (Å²) in [6.45, 7) is 2.40. The van der Waals surface area contributed by atoms with Gasteiger partial charge in [0, 0.05) is 11.0 Å².